The van der Waals surface area contributed by atoms with Crippen LogP contribution in [-0.2, 0) is 9.47 Å². The molecule has 0 aliphatic heterocycles. The highest BCUT2D eigenvalue weighted by molar-refractivity contribution is 6.58. The largest absolute Gasteiger partial charge is 0.488 e. The van der Waals surface area contributed by atoms with Crippen molar-refractivity contribution >= 4 is 30.5 Å². The number of rotatable bonds is 2. The maximum absolute atomic E-state index is 12.6. The van der Waals surface area contributed by atoms with Gasteiger partial charge in [0.05, 0.1) is 17.3 Å². The average Bonchev–Trinajstić information content (AvgIpc) is 2.42. The Balaban J connectivity index is 3.45. The molecule has 0 fully saturated rings. The van der Waals surface area contributed by atoms with E-state index in [1.54, 1.807) is 41.5 Å². The lowest BCUT2D eigenvalue weighted by atomic mass is 9.79. The Morgan fingerprint density at radius 3 is 1.81 bits per heavy atom. The van der Waals surface area contributed by atoms with Crippen molar-refractivity contribution in [3.63, 3.8) is 0 Å². The zero-order valence-corrected chi connectivity index (χ0v) is 15.7. The van der Waals surface area contributed by atoms with Crippen LogP contribution in [0.15, 0.2) is 18.2 Å². The predicted molar refractivity (Wildman–Crippen MR) is 95.9 cm³/mol. The van der Waals surface area contributed by atoms with E-state index in [2.05, 4.69) is 0 Å². The highest BCUT2D eigenvalue weighted by Crippen LogP contribution is 2.22. The third-order valence-corrected chi connectivity index (χ3v) is 2.78. The monoisotopic (exact) mass is 362 g/mol. The zero-order valence-electron chi connectivity index (χ0n) is 15.7. The van der Waals surface area contributed by atoms with Crippen LogP contribution < -0.4 is 10.4 Å². The van der Waals surface area contributed by atoms with Crippen LogP contribution in [0.2, 0.25) is 0 Å². The Hall–Kier alpha value is -2.57. The van der Waals surface area contributed by atoms with Crippen LogP contribution in [0.3, 0.4) is 0 Å². The summed E-state index contributed by atoms with van der Waals surface area (Å²) < 4.78 is 10.5. The lowest BCUT2D eigenvalue weighted by Gasteiger charge is -2.28. The van der Waals surface area contributed by atoms with Gasteiger partial charge in [0.25, 0.3) is 0 Å². The zero-order chi connectivity index (χ0) is 20.3. The minimum absolute atomic E-state index is 0.0303. The van der Waals surface area contributed by atoms with Crippen molar-refractivity contribution in [3.05, 3.63) is 23.8 Å². The molecule has 0 bridgehead atoms. The number of anilines is 1. The minimum Gasteiger partial charge on any atom is -0.443 e. The number of carbonyl (C=O) groups excluding carboxylic acids is 2. The summed E-state index contributed by atoms with van der Waals surface area (Å²) >= 11 is 0. The van der Waals surface area contributed by atoms with Crippen molar-refractivity contribution in [1.82, 2.24) is 0 Å². The number of imide groups is 1. The number of ether oxygens (including phenoxy) is 2. The van der Waals surface area contributed by atoms with E-state index in [1.807, 2.05) is 6.07 Å². The first-order valence-electron chi connectivity index (χ1n) is 7.91. The van der Waals surface area contributed by atoms with Crippen LogP contribution in [-0.4, -0.2) is 40.6 Å². The van der Waals surface area contributed by atoms with Crippen LogP contribution in [0.1, 0.15) is 47.1 Å². The predicted octanol–water partition coefficient (Wildman–Crippen LogP) is 1.91. The lowest BCUT2D eigenvalue weighted by molar-refractivity contribution is 0.0430. The molecule has 2 amide bonds. The van der Waals surface area contributed by atoms with Gasteiger partial charge < -0.3 is 19.5 Å². The number of nitrogens with zero attached hydrogens (tertiary/aromatic N) is 2. The van der Waals surface area contributed by atoms with Crippen LogP contribution in [0.4, 0.5) is 15.3 Å². The fourth-order valence-electron chi connectivity index (χ4n) is 1.88. The van der Waals surface area contributed by atoms with Gasteiger partial charge in [-0.25, -0.2) is 9.59 Å². The number of carbonyl (C=O) groups is 2. The molecule has 0 saturated heterocycles. The van der Waals surface area contributed by atoms with E-state index in [0.29, 0.717) is 4.90 Å². The number of hydrogen-bond acceptors (Lipinski definition) is 7. The molecule has 8 nitrogen and oxygen atoms in total. The Bertz CT molecular complexity index is 700. The minimum atomic E-state index is -1.89. The summed E-state index contributed by atoms with van der Waals surface area (Å²) in [5.41, 5.74) is -1.87. The molecule has 0 aromatic heterocycles. The first-order chi connectivity index (χ1) is 11.7. The second-order valence-corrected chi connectivity index (χ2v) is 7.59. The molecule has 1 aromatic rings. The van der Waals surface area contributed by atoms with Crippen molar-refractivity contribution in [3.8, 4) is 6.07 Å². The molecular formula is C17H23BN2O6. The van der Waals surface area contributed by atoms with Crippen molar-refractivity contribution in [1.29, 1.82) is 5.26 Å². The standard InChI is InChI=1S/C17H23BN2O6/c1-16(2,3)25-14(21)20(15(22)26-17(4,5)6)13-8-11(10-19)7-12(9-13)18(23)24/h7-9,23-24H,1-6H3. The molecule has 2 N–H and O–H groups in total. The van der Waals surface area contributed by atoms with E-state index in [1.165, 1.54) is 18.2 Å². The third kappa shape index (κ3) is 6.39. The maximum Gasteiger partial charge on any atom is 0.488 e. The van der Waals surface area contributed by atoms with Gasteiger partial charge in [0.1, 0.15) is 11.2 Å². The molecular weight excluding hydrogens is 339 g/mol. The van der Waals surface area contributed by atoms with Crippen molar-refractivity contribution in [2.45, 2.75) is 52.7 Å². The summed E-state index contributed by atoms with van der Waals surface area (Å²) in [4.78, 5) is 25.7. The van der Waals surface area contributed by atoms with E-state index >= 15 is 0 Å². The lowest BCUT2D eigenvalue weighted by Crippen LogP contribution is -2.44. The van der Waals surface area contributed by atoms with Crippen LogP contribution >= 0.6 is 0 Å². The molecule has 9 heteroatoms. The Morgan fingerprint density at radius 2 is 1.46 bits per heavy atom. The number of benzene rings is 1. The van der Waals surface area contributed by atoms with Crippen LogP contribution in [0.5, 0.6) is 0 Å². The molecule has 1 aromatic carbocycles. The van der Waals surface area contributed by atoms with Gasteiger partial charge in [-0.2, -0.15) is 10.2 Å². The molecule has 26 heavy (non-hydrogen) atoms. The van der Waals surface area contributed by atoms with Gasteiger partial charge in [0.15, 0.2) is 0 Å². The molecule has 140 valence electrons. The Kier molecular flexibility index (Phi) is 6.41. The number of nitriles is 1. The highest BCUT2D eigenvalue weighted by atomic mass is 16.6. The second-order valence-electron chi connectivity index (χ2n) is 7.59. The van der Waals surface area contributed by atoms with E-state index < -0.39 is 30.5 Å². The van der Waals surface area contributed by atoms with Crippen molar-refractivity contribution in [2.75, 3.05) is 4.90 Å². The summed E-state index contributed by atoms with van der Waals surface area (Å²) in [5, 5.41) is 27.9. The second kappa shape index (κ2) is 7.76. The smallest absolute Gasteiger partial charge is 0.443 e. The van der Waals surface area contributed by atoms with Gasteiger partial charge in [0, 0.05) is 0 Å². The number of amides is 2. The van der Waals surface area contributed by atoms with E-state index in [0.717, 1.165) is 0 Å². The number of hydrogen-bond donors (Lipinski definition) is 2. The van der Waals surface area contributed by atoms with Crippen LogP contribution in [0, 0.1) is 11.3 Å². The van der Waals surface area contributed by atoms with Gasteiger partial charge in [-0.1, -0.05) is 0 Å². The molecule has 0 radical (unpaired) electrons. The van der Waals surface area contributed by atoms with Gasteiger partial charge in [0.2, 0.25) is 0 Å². The van der Waals surface area contributed by atoms with Crippen molar-refractivity contribution < 1.29 is 29.1 Å². The van der Waals surface area contributed by atoms with Crippen LogP contribution in [0.25, 0.3) is 0 Å². The molecule has 0 spiro atoms. The van der Waals surface area contributed by atoms with Gasteiger partial charge in [-0.3, -0.25) is 0 Å². The summed E-state index contributed by atoms with van der Waals surface area (Å²) in [6, 6.07) is 5.51. The summed E-state index contributed by atoms with van der Waals surface area (Å²) in [7, 11) is -1.89. The van der Waals surface area contributed by atoms with Crippen molar-refractivity contribution in [2.24, 2.45) is 0 Å². The van der Waals surface area contributed by atoms with Gasteiger partial charge in [-0.05, 0) is 65.2 Å². The van der Waals surface area contributed by atoms with E-state index in [-0.39, 0.29) is 16.7 Å². The Morgan fingerprint density at radius 1 is 1.00 bits per heavy atom. The van der Waals surface area contributed by atoms with Gasteiger partial charge >= 0.3 is 19.3 Å². The molecule has 0 heterocycles. The molecule has 0 aliphatic carbocycles. The quantitative estimate of drug-likeness (QED) is 0.771. The fourth-order valence-corrected chi connectivity index (χ4v) is 1.88. The summed E-state index contributed by atoms with van der Waals surface area (Å²) in [6.07, 6.45) is -2.03. The molecule has 0 saturated carbocycles. The maximum atomic E-state index is 12.6. The molecule has 0 atom stereocenters. The Labute approximate surface area is 153 Å². The average molecular weight is 362 g/mol. The molecule has 0 aliphatic rings. The molecule has 0 unspecified atom stereocenters. The SMILES string of the molecule is CC(C)(C)OC(=O)N(C(=O)OC(C)(C)C)c1cc(C#N)cc(B(O)O)c1. The summed E-state index contributed by atoms with van der Waals surface area (Å²) in [5.74, 6) is 0. The van der Waals surface area contributed by atoms with E-state index in [9.17, 15) is 19.6 Å². The highest BCUT2D eigenvalue weighted by Gasteiger charge is 2.33. The molecule has 1 rings (SSSR count). The third-order valence-electron chi connectivity index (χ3n) is 2.78. The summed E-state index contributed by atoms with van der Waals surface area (Å²) in [6.45, 7) is 9.79. The fraction of sp³-hybridized carbons (Fsp3) is 0.471. The van der Waals surface area contributed by atoms with Gasteiger partial charge in [-0.15, -0.1) is 0 Å². The first kappa shape index (κ1) is 21.5. The topological polar surface area (TPSA) is 120 Å². The normalized spacial score (nSPS) is 11.3. The first-order valence-corrected chi connectivity index (χ1v) is 7.91. The van der Waals surface area contributed by atoms with E-state index in [4.69, 9.17) is 14.7 Å².